The molecule has 1 fully saturated rings. The number of hydrogen-bond donors (Lipinski definition) is 2. The maximum absolute atomic E-state index is 12.6. The SMILES string of the molecule is O=C(Nc1ccccc1NCC(F)(F)F)C1CC(=O)N(c2ccccc2Br)C1. The van der Waals surface area contributed by atoms with Crippen molar-refractivity contribution in [3.63, 3.8) is 0 Å². The zero-order chi connectivity index (χ0) is 20.3. The molecule has 2 aromatic rings. The van der Waals surface area contributed by atoms with E-state index in [4.69, 9.17) is 0 Å². The zero-order valence-electron chi connectivity index (χ0n) is 14.6. The molecule has 0 aliphatic carbocycles. The maximum atomic E-state index is 12.6. The molecule has 1 atom stereocenters. The molecule has 2 N–H and O–H groups in total. The maximum Gasteiger partial charge on any atom is 0.405 e. The Balaban J connectivity index is 1.69. The molecular formula is C19H17BrF3N3O2. The first-order valence-electron chi connectivity index (χ1n) is 8.50. The molecule has 1 aliphatic heterocycles. The lowest BCUT2D eigenvalue weighted by Crippen LogP contribution is -2.28. The minimum atomic E-state index is -4.38. The first-order chi connectivity index (χ1) is 13.2. The van der Waals surface area contributed by atoms with Crippen molar-refractivity contribution in [3.8, 4) is 0 Å². The summed E-state index contributed by atoms with van der Waals surface area (Å²) in [5.41, 5.74) is 1.08. The molecule has 28 heavy (non-hydrogen) atoms. The average molecular weight is 456 g/mol. The van der Waals surface area contributed by atoms with E-state index in [1.807, 2.05) is 6.07 Å². The molecule has 148 valence electrons. The molecule has 1 unspecified atom stereocenters. The molecule has 5 nitrogen and oxygen atoms in total. The van der Waals surface area contributed by atoms with Gasteiger partial charge in [0.05, 0.1) is 23.0 Å². The summed E-state index contributed by atoms with van der Waals surface area (Å²) in [6.07, 6.45) is -4.34. The Morgan fingerprint density at radius 1 is 1.11 bits per heavy atom. The highest BCUT2D eigenvalue weighted by atomic mass is 79.9. The number of nitrogens with one attached hydrogen (secondary N) is 2. The lowest BCUT2D eigenvalue weighted by molar-refractivity contribution is -0.122. The van der Waals surface area contributed by atoms with E-state index in [0.717, 1.165) is 4.47 Å². The van der Waals surface area contributed by atoms with Crippen LogP contribution in [0.5, 0.6) is 0 Å². The number of carbonyl (C=O) groups excluding carboxylic acids is 2. The Morgan fingerprint density at radius 3 is 2.43 bits per heavy atom. The molecule has 0 spiro atoms. The van der Waals surface area contributed by atoms with Gasteiger partial charge in [0.1, 0.15) is 6.54 Å². The van der Waals surface area contributed by atoms with Crippen LogP contribution in [0, 0.1) is 5.92 Å². The molecule has 2 aromatic carbocycles. The fraction of sp³-hybridized carbons (Fsp3) is 0.263. The van der Waals surface area contributed by atoms with Gasteiger partial charge in [0.2, 0.25) is 11.8 Å². The molecule has 3 rings (SSSR count). The molecule has 1 heterocycles. The quantitative estimate of drug-likeness (QED) is 0.701. The number of benzene rings is 2. The Labute approximate surface area is 168 Å². The summed E-state index contributed by atoms with van der Waals surface area (Å²) in [6.45, 7) is -1.01. The van der Waals surface area contributed by atoms with Crippen LogP contribution in [-0.2, 0) is 9.59 Å². The van der Waals surface area contributed by atoms with Gasteiger partial charge in [-0.15, -0.1) is 0 Å². The van der Waals surface area contributed by atoms with E-state index in [2.05, 4.69) is 26.6 Å². The summed E-state index contributed by atoms with van der Waals surface area (Å²) in [7, 11) is 0. The fourth-order valence-corrected chi connectivity index (χ4v) is 3.46. The van der Waals surface area contributed by atoms with E-state index >= 15 is 0 Å². The van der Waals surface area contributed by atoms with Crippen LogP contribution in [0.15, 0.2) is 53.0 Å². The molecule has 0 radical (unpaired) electrons. The summed E-state index contributed by atoms with van der Waals surface area (Å²) in [6, 6.07) is 13.3. The average Bonchev–Trinajstić information content (AvgIpc) is 3.02. The van der Waals surface area contributed by atoms with Gasteiger partial charge >= 0.3 is 6.18 Å². The lowest BCUT2D eigenvalue weighted by atomic mass is 10.1. The largest absolute Gasteiger partial charge is 0.405 e. The van der Waals surface area contributed by atoms with E-state index in [1.165, 1.54) is 17.0 Å². The highest BCUT2D eigenvalue weighted by molar-refractivity contribution is 9.10. The van der Waals surface area contributed by atoms with Gasteiger partial charge in [0.15, 0.2) is 0 Å². The fourth-order valence-electron chi connectivity index (χ4n) is 2.96. The van der Waals surface area contributed by atoms with E-state index in [-0.39, 0.29) is 30.2 Å². The number of para-hydroxylation sites is 3. The van der Waals surface area contributed by atoms with Crippen molar-refractivity contribution in [2.24, 2.45) is 5.92 Å². The van der Waals surface area contributed by atoms with Crippen molar-refractivity contribution in [1.29, 1.82) is 0 Å². The number of anilines is 3. The van der Waals surface area contributed by atoms with Crippen LogP contribution in [0.4, 0.5) is 30.2 Å². The third kappa shape index (κ3) is 4.83. The summed E-state index contributed by atoms with van der Waals surface area (Å²) >= 11 is 3.39. The van der Waals surface area contributed by atoms with Crippen LogP contribution in [0.25, 0.3) is 0 Å². The number of amides is 2. The molecule has 1 aliphatic rings. The van der Waals surface area contributed by atoms with Gasteiger partial charge in [0.25, 0.3) is 0 Å². The minimum Gasteiger partial charge on any atom is -0.375 e. The second-order valence-electron chi connectivity index (χ2n) is 6.36. The number of carbonyl (C=O) groups is 2. The third-order valence-corrected chi connectivity index (χ3v) is 4.97. The first kappa shape index (κ1) is 20.2. The minimum absolute atomic E-state index is 0.0330. The topological polar surface area (TPSA) is 61.4 Å². The van der Waals surface area contributed by atoms with Crippen molar-refractivity contribution in [2.45, 2.75) is 12.6 Å². The van der Waals surface area contributed by atoms with Crippen LogP contribution in [-0.4, -0.2) is 31.1 Å². The van der Waals surface area contributed by atoms with Gasteiger partial charge in [-0.2, -0.15) is 13.2 Å². The van der Waals surface area contributed by atoms with Crippen molar-refractivity contribution >= 4 is 44.8 Å². The second-order valence-corrected chi connectivity index (χ2v) is 7.21. The Kier molecular flexibility index (Phi) is 5.93. The Hall–Kier alpha value is -2.55. The highest BCUT2D eigenvalue weighted by Gasteiger charge is 2.36. The number of halogens is 4. The van der Waals surface area contributed by atoms with Crippen LogP contribution in [0.3, 0.4) is 0 Å². The lowest BCUT2D eigenvalue weighted by Gasteiger charge is -2.19. The van der Waals surface area contributed by atoms with Crippen molar-refractivity contribution in [3.05, 3.63) is 53.0 Å². The molecule has 1 saturated heterocycles. The second kappa shape index (κ2) is 8.22. The molecule has 9 heteroatoms. The summed E-state index contributed by atoms with van der Waals surface area (Å²) < 4.78 is 38.1. The van der Waals surface area contributed by atoms with Crippen molar-refractivity contribution in [1.82, 2.24) is 0 Å². The van der Waals surface area contributed by atoms with Crippen LogP contribution < -0.4 is 15.5 Å². The summed E-state index contributed by atoms with van der Waals surface area (Å²) in [4.78, 5) is 26.5. The predicted octanol–water partition coefficient (Wildman–Crippen LogP) is 4.41. The smallest absolute Gasteiger partial charge is 0.375 e. The third-order valence-electron chi connectivity index (χ3n) is 4.30. The van der Waals surface area contributed by atoms with Gasteiger partial charge in [-0.05, 0) is 40.2 Å². The van der Waals surface area contributed by atoms with Crippen molar-refractivity contribution in [2.75, 3.05) is 28.6 Å². The summed E-state index contributed by atoms with van der Waals surface area (Å²) in [5, 5.41) is 4.91. The van der Waals surface area contributed by atoms with E-state index in [1.54, 1.807) is 30.3 Å². The zero-order valence-corrected chi connectivity index (χ0v) is 16.2. The van der Waals surface area contributed by atoms with Gasteiger partial charge in [-0.25, -0.2) is 0 Å². The number of alkyl halides is 3. The van der Waals surface area contributed by atoms with Gasteiger partial charge in [-0.3, -0.25) is 9.59 Å². The molecule has 0 bridgehead atoms. The van der Waals surface area contributed by atoms with Gasteiger partial charge in [-0.1, -0.05) is 24.3 Å². The standard InChI is InChI=1S/C19H17BrF3N3O2/c20-13-5-1-4-8-16(13)26-10-12(9-17(26)27)18(28)25-15-7-3-2-6-14(15)24-11-19(21,22)23/h1-8,12,24H,9-11H2,(H,25,28). The Morgan fingerprint density at radius 2 is 1.75 bits per heavy atom. The van der Waals surface area contributed by atoms with Crippen LogP contribution in [0.2, 0.25) is 0 Å². The van der Waals surface area contributed by atoms with E-state index in [0.29, 0.717) is 5.69 Å². The molecule has 0 saturated carbocycles. The highest BCUT2D eigenvalue weighted by Crippen LogP contribution is 2.32. The van der Waals surface area contributed by atoms with Gasteiger partial charge < -0.3 is 15.5 Å². The Bertz CT molecular complexity index is 889. The summed E-state index contributed by atoms with van der Waals surface area (Å²) in [5.74, 6) is -1.20. The van der Waals surface area contributed by atoms with Gasteiger partial charge in [0, 0.05) is 17.4 Å². The number of nitrogens with zero attached hydrogens (tertiary/aromatic N) is 1. The molecular weight excluding hydrogens is 439 g/mol. The van der Waals surface area contributed by atoms with E-state index < -0.39 is 24.5 Å². The van der Waals surface area contributed by atoms with E-state index in [9.17, 15) is 22.8 Å². The molecule has 0 aromatic heterocycles. The predicted molar refractivity (Wildman–Crippen MR) is 104 cm³/mol. The van der Waals surface area contributed by atoms with Crippen molar-refractivity contribution < 1.29 is 22.8 Å². The number of hydrogen-bond acceptors (Lipinski definition) is 3. The van der Waals surface area contributed by atoms with Crippen LogP contribution in [0.1, 0.15) is 6.42 Å². The monoisotopic (exact) mass is 455 g/mol. The molecule has 2 amide bonds. The normalized spacial score (nSPS) is 16.9. The van der Waals surface area contributed by atoms with Crippen LogP contribution >= 0.6 is 15.9 Å². The first-order valence-corrected chi connectivity index (χ1v) is 9.29. The number of rotatable bonds is 5.